The number of ether oxygens (including phenoxy) is 2. The van der Waals surface area contributed by atoms with Gasteiger partial charge in [0.1, 0.15) is 6.10 Å². The molecule has 0 bridgehead atoms. The molecular weight excluding hydrogens is 256 g/mol. The summed E-state index contributed by atoms with van der Waals surface area (Å²) in [5, 5.41) is 0. The van der Waals surface area contributed by atoms with Crippen LogP contribution in [0.3, 0.4) is 0 Å². The second kappa shape index (κ2) is 7.46. The molecule has 4 heteroatoms. The fraction of sp³-hybridized carbons (Fsp3) is 0.750. The summed E-state index contributed by atoms with van der Waals surface area (Å²) in [5.41, 5.74) is 0.289. The maximum Gasteiger partial charge on any atom is 0.334 e. The molecule has 4 nitrogen and oxygen atoms in total. The highest BCUT2D eigenvalue weighted by atomic mass is 16.5. The third-order valence-electron chi connectivity index (χ3n) is 4.08. The highest BCUT2D eigenvalue weighted by molar-refractivity contribution is 5.95. The first kappa shape index (κ1) is 16.7. The van der Waals surface area contributed by atoms with Crippen molar-refractivity contribution in [3.63, 3.8) is 0 Å². The van der Waals surface area contributed by atoms with Crippen molar-refractivity contribution in [1.29, 1.82) is 0 Å². The molecule has 0 aromatic heterocycles. The summed E-state index contributed by atoms with van der Waals surface area (Å²) >= 11 is 0. The fourth-order valence-electron chi connectivity index (χ4n) is 2.78. The number of hydrogen-bond donors (Lipinski definition) is 0. The van der Waals surface area contributed by atoms with E-state index < -0.39 is 11.9 Å². The van der Waals surface area contributed by atoms with Crippen molar-refractivity contribution in [1.82, 2.24) is 0 Å². The minimum Gasteiger partial charge on any atom is -0.466 e. The smallest absolute Gasteiger partial charge is 0.334 e. The summed E-state index contributed by atoms with van der Waals surface area (Å²) in [7, 11) is 1.29. The van der Waals surface area contributed by atoms with Gasteiger partial charge in [-0.25, -0.2) is 9.59 Å². The van der Waals surface area contributed by atoms with Crippen molar-refractivity contribution in [3.8, 4) is 0 Å². The van der Waals surface area contributed by atoms with Gasteiger partial charge < -0.3 is 9.47 Å². The largest absolute Gasteiger partial charge is 0.466 e. The Kier molecular flexibility index (Phi) is 6.24. The monoisotopic (exact) mass is 282 g/mol. The van der Waals surface area contributed by atoms with Gasteiger partial charge in [-0.3, -0.25) is 0 Å². The molecule has 0 heterocycles. The number of carbonyl (C=O) groups is 2. The van der Waals surface area contributed by atoms with Gasteiger partial charge in [0, 0.05) is 11.6 Å². The lowest BCUT2D eigenvalue weighted by molar-refractivity contribution is -0.151. The molecule has 114 valence electrons. The number of rotatable bonds is 4. The zero-order chi connectivity index (χ0) is 15.3. The van der Waals surface area contributed by atoms with Gasteiger partial charge in [-0.2, -0.15) is 0 Å². The molecule has 0 radical (unpaired) electrons. The molecule has 0 amide bonds. The molecule has 1 rings (SSSR count). The lowest BCUT2D eigenvalue weighted by Crippen LogP contribution is -2.36. The van der Waals surface area contributed by atoms with E-state index in [1.165, 1.54) is 19.6 Å². The Morgan fingerprint density at radius 1 is 1.25 bits per heavy atom. The van der Waals surface area contributed by atoms with Gasteiger partial charge in [0.15, 0.2) is 0 Å². The van der Waals surface area contributed by atoms with Crippen LogP contribution in [0.1, 0.15) is 47.0 Å². The number of methoxy groups -OCH3 is 1. The minimum absolute atomic E-state index is 0.0488. The van der Waals surface area contributed by atoms with E-state index in [1.807, 2.05) is 0 Å². The summed E-state index contributed by atoms with van der Waals surface area (Å²) < 4.78 is 10.1. The highest BCUT2D eigenvalue weighted by Crippen LogP contribution is 2.35. The van der Waals surface area contributed by atoms with Crippen LogP contribution in [0.25, 0.3) is 0 Å². The Morgan fingerprint density at radius 2 is 1.90 bits per heavy atom. The van der Waals surface area contributed by atoms with Crippen molar-refractivity contribution in [3.05, 3.63) is 11.6 Å². The fourth-order valence-corrected chi connectivity index (χ4v) is 2.78. The van der Waals surface area contributed by atoms with Crippen molar-refractivity contribution in [2.24, 2.45) is 17.8 Å². The van der Waals surface area contributed by atoms with Crippen LogP contribution in [-0.2, 0) is 19.1 Å². The Balaban J connectivity index is 2.70. The highest BCUT2D eigenvalue weighted by Gasteiger charge is 2.33. The van der Waals surface area contributed by atoms with Gasteiger partial charge in [0.2, 0.25) is 0 Å². The standard InChI is InChI=1S/C16H26O4/c1-10(2)13-7-6-11(3)8-14(13)20-16(18)12(4)9-15(17)19-5/h9-11,13-14H,6-8H2,1-5H3/b12-9-. The van der Waals surface area contributed by atoms with Gasteiger partial charge in [-0.15, -0.1) is 0 Å². The molecule has 1 aliphatic carbocycles. The zero-order valence-electron chi connectivity index (χ0n) is 13.1. The van der Waals surface area contributed by atoms with E-state index in [0.29, 0.717) is 17.8 Å². The minimum atomic E-state index is -0.531. The Hall–Kier alpha value is -1.32. The van der Waals surface area contributed by atoms with Crippen LogP contribution < -0.4 is 0 Å². The Morgan fingerprint density at radius 3 is 2.45 bits per heavy atom. The SMILES string of the molecule is COC(=O)/C=C(/C)C(=O)OC1CC(C)CCC1C(C)C. The average Bonchev–Trinajstić information content (AvgIpc) is 2.38. The van der Waals surface area contributed by atoms with Crippen molar-refractivity contribution in [2.45, 2.75) is 53.1 Å². The van der Waals surface area contributed by atoms with Crippen LogP contribution in [0.15, 0.2) is 11.6 Å². The van der Waals surface area contributed by atoms with Gasteiger partial charge >= 0.3 is 11.9 Å². The predicted octanol–water partition coefficient (Wildman–Crippen LogP) is 3.11. The quantitative estimate of drug-likeness (QED) is 0.587. The lowest BCUT2D eigenvalue weighted by atomic mass is 9.75. The first-order chi connectivity index (χ1) is 9.35. The zero-order valence-corrected chi connectivity index (χ0v) is 13.1. The maximum atomic E-state index is 12.0. The van der Waals surface area contributed by atoms with Crippen molar-refractivity contribution in [2.75, 3.05) is 7.11 Å². The van der Waals surface area contributed by atoms with Gasteiger partial charge in [-0.1, -0.05) is 27.2 Å². The normalized spacial score (nSPS) is 27.3. The predicted molar refractivity (Wildman–Crippen MR) is 77.0 cm³/mol. The first-order valence-corrected chi connectivity index (χ1v) is 7.32. The summed E-state index contributed by atoms with van der Waals surface area (Å²) in [6.07, 6.45) is 4.32. The molecule has 1 fully saturated rings. The third-order valence-corrected chi connectivity index (χ3v) is 4.08. The van der Waals surface area contributed by atoms with Crippen LogP contribution in [0, 0.1) is 17.8 Å². The van der Waals surface area contributed by atoms with Crippen LogP contribution in [0.2, 0.25) is 0 Å². The third kappa shape index (κ3) is 4.66. The van der Waals surface area contributed by atoms with E-state index >= 15 is 0 Å². The molecular formula is C16H26O4. The summed E-state index contributed by atoms with van der Waals surface area (Å²) in [6, 6.07) is 0. The maximum absolute atomic E-state index is 12.0. The Labute approximate surface area is 121 Å². The van der Waals surface area contributed by atoms with E-state index in [2.05, 4.69) is 25.5 Å². The molecule has 0 N–H and O–H groups in total. The van der Waals surface area contributed by atoms with E-state index in [9.17, 15) is 9.59 Å². The molecule has 3 atom stereocenters. The van der Waals surface area contributed by atoms with Crippen molar-refractivity contribution >= 4 is 11.9 Å². The summed E-state index contributed by atoms with van der Waals surface area (Å²) in [6.45, 7) is 8.10. The van der Waals surface area contributed by atoms with E-state index in [1.54, 1.807) is 6.92 Å². The van der Waals surface area contributed by atoms with E-state index in [0.717, 1.165) is 12.8 Å². The van der Waals surface area contributed by atoms with Crippen LogP contribution in [0.5, 0.6) is 0 Å². The molecule has 3 unspecified atom stereocenters. The van der Waals surface area contributed by atoms with Crippen molar-refractivity contribution < 1.29 is 19.1 Å². The summed E-state index contributed by atoms with van der Waals surface area (Å²) in [5.74, 6) is 0.524. The first-order valence-electron chi connectivity index (χ1n) is 7.32. The molecule has 1 aliphatic rings. The van der Waals surface area contributed by atoms with E-state index in [4.69, 9.17) is 4.74 Å². The molecule has 0 spiro atoms. The number of hydrogen-bond acceptors (Lipinski definition) is 4. The molecule has 20 heavy (non-hydrogen) atoms. The van der Waals surface area contributed by atoms with Crippen LogP contribution in [-0.4, -0.2) is 25.2 Å². The second-order valence-electron chi connectivity index (χ2n) is 6.12. The molecule has 1 saturated carbocycles. The van der Waals surface area contributed by atoms with Crippen LogP contribution >= 0.6 is 0 Å². The average molecular weight is 282 g/mol. The topological polar surface area (TPSA) is 52.6 Å². The Bertz CT molecular complexity index is 384. The molecule has 0 aliphatic heterocycles. The van der Waals surface area contributed by atoms with Gasteiger partial charge in [-0.05, 0) is 37.5 Å². The van der Waals surface area contributed by atoms with Crippen LogP contribution in [0.4, 0.5) is 0 Å². The lowest BCUT2D eigenvalue weighted by Gasteiger charge is -2.36. The molecule has 0 aromatic carbocycles. The molecule has 0 saturated heterocycles. The molecule has 0 aromatic rings. The second-order valence-corrected chi connectivity index (χ2v) is 6.12. The number of esters is 2. The number of carbonyl (C=O) groups excluding carboxylic acids is 2. The van der Waals surface area contributed by atoms with Gasteiger partial charge in [0.25, 0.3) is 0 Å². The summed E-state index contributed by atoms with van der Waals surface area (Å²) in [4.78, 5) is 23.2. The van der Waals surface area contributed by atoms with E-state index in [-0.39, 0.29) is 11.7 Å². The van der Waals surface area contributed by atoms with Gasteiger partial charge in [0.05, 0.1) is 7.11 Å².